The first-order valence-corrected chi connectivity index (χ1v) is 10.7. The number of carbonyl (C=O) groups is 1. The largest absolute Gasteiger partial charge is 0.368 e. The molecule has 0 unspecified atom stereocenters. The van der Waals surface area contributed by atoms with Gasteiger partial charge in [-0.3, -0.25) is 14.7 Å². The molecule has 1 aromatic carbocycles. The lowest BCUT2D eigenvalue weighted by Crippen LogP contribution is -2.46. The Morgan fingerprint density at radius 2 is 1.88 bits per heavy atom. The molecule has 3 aromatic rings. The molecule has 5 rings (SSSR count). The fourth-order valence-corrected chi connectivity index (χ4v) is 4.13. The van der Waals surface area contributed by atoms with E-state index in [1.165, 1.54) is 17.2 Å². The van der Waals surface area contributed by atoms with Gasteiger partial charge in [0.2, 0.25) is 5.91 Å². The number of rotatable bonds is 5. The first-order chi connectivity index (χ1) is 15.6. The highest BCUT2D eigenvalue weighted by Gasteiger charge is 2.28. The molecule has 8 heteroatoms. The van der Waals surface area contributed by atoms with E-state index in [9.17, 15) is 9.18 Å². The second kappa shape index (κ2) is 9.02. The van der Waals surface area contributed by atoms with E-state index in [-0.39, 0.29) is 17.8 Å². The molecule has 4 heterocycles. The van der Waals surface area contributed by atoms with E-state index >= 15 is 0 Å². The molecule has 0 aliphatic carbocycles. The normalized spacial score (nSPS) is 18.4. The van der Waals surface area contributed by atoms with Gasteiger partial charge in [-0.2, -0.15) is 0 Å². The highest BCUT2D eigenvalue weighted by molar-refractivity contribution is 5.78. The van der Waals surface area contributed by atoms with Crippen molar-refractivity contribution in [3.8, 4) is 0 Å². The van der Waals surface area contributed by atoms with E-state index in [0.717, 1.165) is 30.7 Å². The van der Waals surface area contributed by atoms with Crippen LogP contribution in [0.3, 0.4) is 0 Å². The van der Waals surface area contributed by atoms with E-state index in [4.69, 9.17) is 4.74 Å². The zero-order valence-electron chi connectivity index (χ0n) is 17.6. The summed E-state index contributed by atoms with van der Waals surface area (Å²) in [6.45, 7) is 3.59. The summed E-state index contributed by atoms with van der Waals surface area (Å²) in [7, 11) is 0. The van der Waals surface area contributed by atoms with Gasteiger partial charge in [-0.1, -0.05) is 24.3 Å². The molecule has 1 atom stereocenters. The number of pyridine rings is 2. The molecular weight excluding hydrogens is 409 g/mol. The average Bonchev–Trinajstić information content (AvgIpc) is 3.23. The number of nitrogens with one attached hydrogen (secondary N) is 1. The summed E-state index contributed by atoms with van der Waals surface area (Å²) in [6, 6.07) is 15.0. The second-order valence-electron chi connectivity index (χ2n) is 8.07. The number of ether oxygens (including phenoxy) is 1. The number of carbonyl (C=O) groups excluding carboxylic acids is 1. The van der Waals surface area contributed by atoms with Gasteiger partial charge in [-0.15, -0.1) is 0 Å². The maximum atomic E-state index is 13.0. The Kier molecular flexibility index (Phi) is 5.79. The van der Waals surface area contributed by atoms with Crippen molar-refractivity contribution < 1.29 is 13.9 Å². The van der Waals surface area contributed by atoms with Crippen LogP contribution in [0.5, 0.6) is 0 Å². The Bertz CT molecular complexity index is 1070. The molecule has 1 N–H and O–H groups in total. The zero-order valence-corrected chi connectivity index (χ0v) is 17.6. The van der Waals surface area contributed by atoms with Crippen LogP contribution in [0.2, 0.25) is 0 Å². The summed E-state index contributed by atoms with van der Waals surface area (Å²) in [6.07, 6.45) is 2.58. The highest BCUT2D eigenvalue weighted by Crippen LogP contribution is 2.25. The maximum Gasteiger partial charge on any atom is 0.236 e. The van der Waals surface area contributed by atoms with Crippen molar-refractivity contribution in [1.82, 2.24) is 19.8 Å². The Morgan fingerprint density at radius 1 is 1.06 bits per heavy atom. The van der Waals surface area contributed by atoms with Crippen LogP contribution in [0.1, 0.15) is 22.9 Å². The minimum atomic E-state index is -0.383. The number of fused-ring (bicyclic) bond motifs is 1. The number of hydrogen-bond acceptors (Lipinski definition) is 6. The molecule has 7 nitrogen and oxygen atoms in total. The summed E-state index contributed by atoms with van der Waals surface area (Å²) in [5.74, 6) is 0.273. The Labute approximate surface area is 185 Å². The lowest BCUT2D eigenvalue weighted by molar-refractivity contribution is -0.140. The summed E-state index contributed by atoms with van der Waals surface area (Å²) < 4.78 is 18.9. The predicted molar refractivity (Wildman–Crippen MR) is 118 cm³/mol. The predicted octanol–water partition coefficient (Wildman–Crippen LogP) is 3.28. The molecule has 2 aliphatic rings. The molecule has 32 heavy (non-hydrogen) atoms. The smallest absolute Gasteiger partial charge is 0.236 e. The van der Waals surface area contributed by atoms with Gasteiger partial charge in [0.05, 0.1) is 43.5 Å². The number of amides is 1. The number of halogens is 1. The molecule has 0 spiro atoms. The SMILES string of the molecule is O=C(CN1Cc2ccccc2C1)N1CCO[C@@H](c2ccc(Nc3ccc(F)cn3)cn2)C1. The molecular formula is C24H24FN5O2. The van der Waals surface area contributed by atoms with Crippen molar-refractivity contribution in [1.29, 1.82) is 0 Å². The number of benzene rings is 1. The van der Waals surface area contributed by atoms with Crippen molar-refractivity contribution in [3.05, 3.63) is 83.6 Å². The molecule has 0 saturated carbocycles. The van der Waals surface area contributed by atoms with Crippen LogP contribution in [-0.2, 0) is 22.6 Å². The standard InChI is InChI=1S/C24H24FN5O2/c25-19-5-8-23(27-11-19)28-20-6-7-21(26-12-20)22-15-30(9-10-32-22)24(31)16-29-13-17-3-1-2-4-18(17)14-29/h1-8,11-12,22H,9-10,13-16H2,(H,27,28)/t22-/m1/s1. The highest BCUT2D eigenvalue weighted by atomic mass is 19.1. The summed E-state index contributed by atoms with van der Waals surface area (Å²) in [5.41, 5.74) is 4.11. The lowest BCUT2D eigenvalue weighted by atomic mass is 10.1. The minimum absolute atomic E-state index is 0.117. The van der Waals surface area contributed by atoms with Gasteiger partial charge >= 0.3 is 0 Å². The Balaban J connectivity index is 1.17. The van der Waals surface area contributed by atoms with Gasteiger partial charge in [-0.25, -0.2) is 9.37 Å². The lowest BCUT2D eigenvalue weighted by Gasteiger charge is -2.33. The second-order valence-corrected chi connectivity index (χ2v) is 8.07. The van der Waals surface area contributed by atoms with Crippen LogP contribution in [-0.4, -0.2) is 51.9 Å². The summed E-state index contributed by atoms with van der Waals surface area (Å²) in [4.78, 5) is 25.5. The van der Waals surface area contributed by atoms with Crippen molar-refractivity contribution in [2.75, 3.05) is 31.6 Å². The number of morpholine rings is 1. The first-order valence-electron chi connectivity index (χ1n) is 10.7. The van der Waals surface area contributed by atoms with E-state index in [0.29, 0.717) is 32.1 Å². The van der Waals surface area contributed by atoms with Crippen LogP contribution in [0, 0.1) is 5.82 Å². The number of nitrogens with zero attached hydrogens (tertiary/aromatic N) is 4. The third kappa shape index (κ3) is 4.61. The van der Waals surface area contributed by atoms with Crippen LogP contribution in [0.4, 0.5) is 15.9 Å². The Morgan fingerprint density at radius 3 is 2.56 bits per heavy atom. The molecule has 0 bridgehead atoms. The molecule has 2 aromatic heterocycles. The fourth-order valence-electron chi connectivity index (χ4n) is 4.13. The van der Waals surface area contributed by atoms with Crippen molar-refractivity contribution in [2.24, 2.45) is 0 Å². The third-order valence-electron chi connectivity index (χ3n) is 5.80. The van der Waals surface area contributed by atoms with E-state index in [1.54, 1.807) is 12.3 Å². The van der Waals surface area contributed by atoms with Crippen LogP contribution >= 0.6 is 0 Å². The van der Waals surface area contributed by atoms with Crippen LogP contribution in [0.25, 0.3) is 0 Å². The maximum absolute atomic E-state index is 13.0. The monoisotopic (exact) mass is 433 g/mol. The third-order valence-corrected chi connectivity index (χ3v) is 5.80. The van der Waals surface area contributed by atoms with E-state index in [2.05, 4.69) is 32.3 Å². The molecule has 0 radical (unpaired) electrons. The van der Waals surface area contributed by atoms with E-state index in [1.807, 2.05) is 29.2 Å². The quantitative estimate of drug-likeness (QED) is 0.666. The van der Waals surface area contributed by atoms with Crippen molar-refractivity contribution >= 4 is 17.4 Å². The van der Waals surface area contributed by atoms with Crippen LogP contribution in [0.15, 0.2) is 60.9 Å². The Hall–Kier alpha value is -3.36. The van der Waals surface area contributed by atoms with Gasteiger partial charge in [0.1, 0.15) is 17.7 Å². The molecule has 1 fully saturated rings. The minimum Gasteiger partial charge on any atom is -0.368 e. The van der Waals surface area contributed by atoms with Crippen LogP contribution < -0.4 is 5.32 Å². The topological polar surface area (TPSA) is 70.6 Å². The molecule has 2 aliphatic heterocycles. The average molecular weight is 433 g/mol. The number of hydrogen-bond donors (Lipinski definition) is 1. The van der Waals surface area contributed by atoms with Gasteiger partial charge in [0, 0.05) is 19.6 Å². The summed E-state index contributed by atoms with van der Waals surface area (Å²) in [5, 5.41) is 3.09. The van der Waals surface area contributed by atoms with Crippen molar-refractivity contribution in [2.45, 2.75) is 19.2 Å². The summed E-state index contributed by atoms with van der Waals surface area (Å²) >= 11 is 0. The first kappa shape index (κ1) is 20.5. The van der Waals surface area contributed by atoms with Gasteiger partial charge in [-0.05, 0) is 35.4 Å². The van der Waals surface area contributed by atoms with Gasteiger partial charge < -0.3 is 15.0 Å². The van der Waals surface area contributed by atoms with E-state index < -0.39 is 0 Å². The van der Waals surface area contributed by atoms with Gasteiger partial charge in [0.15, 0.2) is 0 Å². The molecule has 1 saturated heterocycles. The zero-order chi connectivity index (χ0) is 21.9. The molecule has 1 amide bonds. The number of anilines is 2. The fraction of sp³-hybridized carbons (Fsp3) is 0.292. The molecule has 164 valence electrons. The van der Waals surface area contributed by atoms with Gasteiger partial charge in [0.25, 0.3) is 0 Å². The number of aromatic nitrogens is 2. The van der Waals surface area contributed by atoms with Crippen molar-refractivity contribution in [3.63, 3.8) is 0 Å².